The third-order valence-electron chi connectivity index (χ3n) is 4.41. The molecule has 3 aromatic rings. The number of H-pyrrole nitrogens is 1. The smallest absolute Gasteiger partial charge is 0.141 e. The first kappa shape index (κ1) is 11.6. The fraction of sp³-hybridized carbons (Fsp3) is 0.429. The highest BCUT2D eigenvalue weighted by atomic mass is 16.1. The minimum absolute atomic E-state index is 0.481. The van der Waals surface area contributed by atoms with Crippen molar-refractivity contribution < 1.29 is 4.79 Å². The highest BCUT2D eigenvalue weighted by Crippen LogP contribution is 2.39. The number of hydrogen-bond donors (Lipinski definition) is 1. The molecule has 1 aliphatic rings. The van der Waals surface area contributed by atoms with Crippen LogP contribution < -0.4 is 0 Å². The van der Waals surface area contributed by atoms with Gasteiger partial charge >= 0.3 is 0 Å². The third kappa shape index (κ3) is 1.44. The van der Waals surface area contributed by atoms with E-state index in [0.717, 1.165) is 54.2 Å². The molecular weight excluding hydrogens is 254 g/mol. The van der Waals surface area contributed by atoms with Gasteiger partial charge in [-0.3, -0.25) is 0 Å². The van der Waals surface area contributed by atoms with Gasteiger partial charge < -0.3 is 9.78 Å². The number of fused-ring (bicyclic) bond motifs is 3. The quantitative estimate of drug-likeness (QED) is 0.722. The number of aromatic amines is 1. The average molecular weight is 269 g/mol. The third-order valence-corrected chi connectivity index (χ3v) is 4.41. The molecule has 0 aliphatic heterocycles. The zero-order valence-corrected chi connectivity index (χ0v) is 11.0. The van der Waals surface area contributed by atoms with Crippen molar-refractivity contribution in [2.24, 2.45) is 0 Å². The molecule has 3 aromatic heterocycles. The molecule has 1 fully saturated rings. The number of aldehydes is 1. The van der Waals surface area contributed by atoms with E-state index in [-0.39, 0.29) is 0 Å². The summed E-state index contributed by atoms with van der Waals surface area (Å²) in [7, 11) is 0. The van der Waals surface area contributed by atoms with Gasteiger partial charge in [-0.15, -0.1) is 5.10 Å². The van der Waals surface area contributed by atoms with E-state index in [0.29, 0.717) is 0 Å². The molecule has 0 aromatic carbocycles. The molecule has 1 N–H and O–H groups in total. The minimum Gasteiger partial charge on any atom is -0.346 e. The first-order valence-electron chi connectivity index (χ1n) is 6.98. The van der Waals surface area contributed by atoms with E-state index in [9.17, 15) is 4.79 Å². The van der Waals surface area contributed by atoms with Crippen molar-refractivity contribution in [1.82, 2.24) is 24.8 Å². The van der Waals surface area contributed by atoms with Crippen LogP contribution in [0.25, 0.3) is 16.6 Å². The van der Waals surface area contributed by atoms with Gasteiger partial charge in [0.25, 0.3) is 0 Å². The fourth-order valence-corrected chi connectivity index (χ4v) is 3.32. The lowest BCUT2D eigenvalue weighted by Crippen LogP contribution is -2.31. The van der Waals surface area contributed by atoms with Crippen molar-refractivity contribution in [1.29, 1.82) is 0 Å². The van der Waals surface area contributed by atoms with Crippen LogP contribution in [0, 0.1) is 0 Å². The molecule has 0 amide bonds. The average Bonchev–Trinajstić information content (AvgIpc) is 3.13. The topological polar surface area (TPSA) is 75.9 Å². The molecule has 0 radical (unpaired) electrons. The van der Waals surface area contributed by atoms with E-state index in [1.54, 1.807) is 10.8 Å². The van der Waals surface area contributed by atoms with Gasteiger partial charge in [-0.05, 0) is 18.9 Å². The molecule has 3 heterocycles. The maximum absolute atomic E-state index is 11.8. The molecule has 1 saturated carbocycles. The Kier molecular flexibility index (Phi) is 2.39. The SMILES string of the molecule is O=CC1(c2nnn3cnc4[nH]ccc4c23)CCCCC1. The van der Waals surface area contributed by atoms with Crippen LogP contribution in [0.15, 0.2) is 18.6 Å². The molecule has 0 unspecified atom stereocenters. The number of nitrogens with zero attached hydrogens (tertiary/aromatic N) is 4. The van der Waals surface area contributed by atoms with Crippen molar-refractivity contribution >= 4 is 22.8 Å². The molecule has 102 valence electrons. The number of rotatable bonds is 2. The zero-order valence-electron chi connectivity index (χ0n) is 11.0. The van der Waals surface area contributed by atoms with Gasteiger partial charge in [0.15, 0.2) is 0 Å². The van der Waals surface area contributed by atoms with E-state index in [1.165, 1.54) is 6.42 Å². The molecule has 4 rings (SSSR count). The number of aromatic nitrogens is 5. The monoisotopic (exact) mass is 269 g/mol. The Morgan fingerprint density at radius 2 is 2.15 bits per heavy atom. The summed E-state index contributed by atoms with van der Waals surface area (Å²) >= 11 is 0. The Hall–Kier alpha value is -2.24. The Bertz CT molecular complexity index is 781. The van der Waals surface area contributed by atoms with E-state index < -0.39 is 5.41 Å². The van der Waals surface area contributed by atoms with Crippen molar-refractivity contribution in [2.45, 2.75) is 37.5 Å². The van der Waals surface area contributed by atoms with Crippen molar-refractivity contribution in [3.63, 3.8) is 0 Å². The molecule has 0 spiro atoms. The summed E-state index contributed by atoms with van der Waals surface area (Å²) in [5, 5.41) is 9.44. The number of nitrogens with one attached hydrogen (secondary N) is 1. The summed E-state index contributed by atoms with van der Waals surface area (Å²) in [5.74, 6) is 0. The highest BCUT2D eigenvalue weighted by molar-refractivity contribution is 5.94. The van der Waals surface area contributed by atoms with Gasteiger partial charge in [0.2, 0.25) is 0 Å². The van der Waals surface area contributed by atoms with E-state index in [1.807, 2.05) is 12.3 Å². The molecular formula is C14H15N5O. The Balaban J connectivity index is 2.03. The lowest BCUT2D eigenvalue weighted by molar-refractivity contribution is -0.113. The molecule has 0 saturated heterocycles. The Labute approximate surface area is 115 Å². The van der Waals surface area contributed by atoms with Crippen LogP contribution in [0.2, 0.25) is 0 Å². The largest absolute Gasteiger partial charge is 0.346 e. The van der Waals surface area contributed by atoms with Gasteiger partial charge in [0.05, 0.1) is 5.41 Å². The van der Waals surface area contributed by atoms with Gasteiger partial charge in [-0.2, -0.15) is 0 Å². The zero-order chi connectivity index (χ0) is 13.6. The van der Waals surface area contributed by atoms with Crippen molar-refractivity contribution in [2.75, 3.05) is 0 Å². The number of carbonyl (C=O) groups excluding carboxylic acids is 1. The lowest BCUT2D eigenvalue weighted by atomic mass is 9.72. The molecule has 1 aliphatic carbocycles. The molecule has 0 atom stereocenters. The van der Waals surface area contributed by atoms with E-state index >= 15 is 0 Å². The molecule has 20 heavy (non-hydrogen) atoms. The molecule has 6 nitrogen and oxygen atoms in total. The predicted molar refractivity (Wildman–Crippen MR) is 73.5 cm³/mol. The normalized spacial score (nSPS) is 18.6. The summed E-state index contributed by atoms with van der Waals surface area (Å²) in [6, 6.07) is 1.96. The van der Waals surface area contributed by atoms with Gasteiger partial charge in [-0.1, -0.05) is 24.5 Å². The summed E-state index contributed by atoms with van der Waals surface area (Å²) in [6.07, 6.45) is 9.62. The summed E-state index contributed by atoms with van der Waals surface area (Å²) in [4.78, 5) is 19.2. The predicted octanol–water partition coefficient (Wildman–Crippen LogP) is 2.01. The summed E-state index contributed by atoms with van der Waals surface area (Å²) in [5.41, 5.74) is 2.04. The molecule has 6 heteroatoms. The number of carbonyl (C=O) groups is 1. The van der Waals surface area contributed by atoms with E-state index in [4.69, 9.17) is 0 Å². The second-order valence-corrected chi connectivity index (χ2v) is 5.55. The van der Waals surface area contributed by atoms with Crippen molar-refractivity contribution in [3.05, 3.63) is 24.3 Å². The van der Waals surface area contributed by atoms with Gasteiger partial charge in [-0.25, -0.2) is 9.50 Å². The summed E-state index contributed by atoms with van der Waals surface area (Å²) < 4.78 is 1.67. The first-order chi connectivity index (χ1) is 9.84. The fourth-order valence-electron chi connectivity index (χ4n) is 3.32. The Morgan fingerprint density at radius 3 is 2.95 bits per heavy atom. The van der Waals surface area contributed by atoms with Gasteiger partial charge in [0, 0.05) is 11.6 Å². The van der Waals surface area contributed by atoms with Crippen LogP contribution in [0.4, 0.5) is 0 Å². The minimum atomic E-state index is -0.481. The number of hydrogen-bond acceptors (Lipinski definition) is 4. The first-order valence-corrected chi connectivity index (χ1v) is 6.98. The van der Waals surface area contributed by atoms with Crippen LogP contribution in [0.1, 0.15) is 37.8 Å². The molecule has 0 bridgehead atoms. The van der Waals surface area contributed by atoms with Crippen LogP contribution in [0.5, 0.6) is 0 Å². The van der Waals surface area contributed by atoms with Crippen LogP contribution in [0.3, 0.4) is 0 Å². The Morgan fingerprint density at radius 1 is 1.30 bits per heavy atom. The van der Waals surface area contributed by atoms with Crippen LogP contribution >= 0.6 is 0 Å². The second-order valence-electron chi connectivity index (χ2n) is 5.55. The van der Waals surface area contributed by atoms with Gasteiger partial charge in [0.1, 0.15) is 29.5 Å². The second kappa shape index (κ2) is 4.13. The lowest BCUT2D eigenvalue weighted by Gasteiger charge is -2.30. The van der Waals surface area contributed by atoms with Crippen LogP contribution in [-0.2, 0) is 10.2 Å². The summed E-state index contributed by atoms with van der Waals surface area (Å²) in [6.45, 7) is 0. The van der Waals surface area contributed by atoms with E-state index in [2.05, 4.69) is 20.3 Å². The standard InChI is InChI=1S/C14H15N5O/c20-8-14(5-2-1-3-6-14)12-11-10-4-7-15-13(10)16-9-19(11)18-17-12/h4,7-9,15H,1-3,5-6H2. The van der Waals surface area contributed by atoms with Crippen LogP contribution in [-0.4, -0.2) is 31.1 Å². The highest BCUT2D eigenvalue weighted by Gasteiger charge is 2.38. The maximum atomic E-state index is 11.8. The maximum Gasteiger partial charge on any atom is 0.141 e. The van der Waals surface area contributed by atoms with Crippen molar-refractivity contribution in [3.8, 4) is 0 Å².